The first-order valence-corrected chi connectivity index (χ1v) is 12.9. The first kappa shape index (κ1) is 22.1. The third-order valence-electron chi connectivity index (χ3n) is 8.80. The van der Waals surface area contributed by atoms with E-state index in [4.69, 9.17) is 0 Å². The first-order valence-electron chi connectivity index (χ1n) is 12.9. The molecule has 1 heteroatoms. The van der Waals surface area contributed by atoms with Gasteiger partial charge in [-0.25, -0.2) is 4.39 Å². The molecule has 1 atom stereocenters. The van der Waals surface area contributed by atoms with Crippen molar-refractivity contribution in [2.75, 3.05) is 0 Å². The van der Waals surface area contributed by atoms with Gasteiger partial charge in [-0.2, -0.15) is 0 Å². The maximum absolute atomic E-state index is 15.2. The van der Waals surface area contributed by atoms with Gasteiger partial charge in [0.05, 0.1) is 0 Å². The van der Waals surface area contributed by atoms with Crippen molar-refractivity contribution in [2.24, 2.45) is 23.7 Å². The highest BCUT2D eigenvalue weighted by atomic mass is 19.1. The molecule has 0 bridgehead atoms. The predicted octanol–water partition coefficient (Wildman–Crippen LogP) is 8.91. The van der Waals surface area contributed by atoms with Gasteiger partial charge in [-0.1, -0.05) is 76.2 Å². The van der Waals surface area contributed by atoms with Gasteiger partial charge in [0.2, 0.25) is 0 Å². The van der Waals surface area contributed by atoms with Gasteiger partial charge in [0, 0.05) is 0 Å². The average Bonchev–Trinajstić information content (AvgIpc) is 2.75. The molecule has 4 rings (SSSR count). The Bertz CT molecular complexity index is 729. The zero-order chi connectivity index (χ0) is 21.1. The summed E-state index contributed by atoms with van der Waals surface area (Å²) in [6, 6.07) is 4.36. The van der Waals surface area contributed by atoms with E-state index in [9.17, 15) is 0 Å². The van der Waals surface area contributed by atoms with Crippen LogP contribution < -0.4 is 0 Å². The van der Waals surface area contributed by atoms with Crippen molar-refractivity contribution >= 4 is 0 Å². The number of hydrogen-bond donors (Lipinski definition) is 0. The molecule has 0 aromatic heterocycles. The van der Waals surface area contributed by atoms with Gasteiger partial charge in [-0.3, -0.25) is 0 Å². The normalized spacial score (nSPS) is 32.7. The van der Waals surface area contributed by atoms with Crippen molar-refractivity contribution in [3.63, 3.8) is 0 Å². The summed E-state index contributed by atoms with van der Waals surface area (Å²) in [5, 5.41) is 0. The Balaban J connectivity index is 1.33. The number of halogens is 1. The minimum Gasteiger partial charge on any atom is -0.206 e. The van der Waals surface area contributed by atoms with Gasteiger partial charge < -0.3 is 0 Å². The minimum absolute atomic E-state index is 0.0745. The van der Waals surface area contributed by atoms with E-state index in [1.54, 1.807) is 0 Å². The second-order valence-corrected chi connectivity index (χ2v) is 11.3. The molecule has 2 saturated carbocycles. The van der Waals surface area contributed by atoms with E-state index in [0.29, 0.717) is 5.92 Å². The largest absolute Gasteiger partial charge is 0.206 e. The topological polar surface area (TPSA) is 0 Å². The lowest BCUT2D eigenvalue weighted by molar-refractivity contribution is 0.238. The van der Waals surface area contributed by atoms with E-state index in [-0.39, 0.29) is 5.82 Å². The Morgan fingerprint density at radius 3 is 2.13 bits per heavy atom. The van der Waals surface area contributed by atoms with Crippen LogP contribution in [0.1, 0.15) is 114 Å². The minimum atomic E-state index is 0.0745. The Labute approximate surface area is 184 Å². The lowest BCUT2D eigenvalue weighted by Crippen LogP contribution is -2.17. The summed E-state index contributed by atoms with van der Waals surface area (Å²) in [6.45, 7) is 6.78. The van der Waals surface area contributed by atoms with Crippen molar-refractivity contribution in [2.45, 2.75) is 110 Å². The van der Waals surface area contributed by atoms with E-state index in [1.807, 2.05) is 6.92 Å². The predicted molar refractivity (Wildman–Crippen MR) is 126 cm³/mol. The van der Waals surface area contributed by atoms with Crippen LogP contribution in [0.15, 0.2) is 23.8 Å². The van der Waals surface area contributed by atoms with Crippen LogP contribution in [-0.4, -0.2) is 0 Å². The summed E-state index contributed by atoms with van der Waals surface area (Å²) in [4.78, 5) is 0. The highest BCUT2D eigenvalue weighted by molar-refractivity contribution is 5.37. The summed E-state index contributed by atoms with van der Waals surface area (Å²) in [7, 11) is 0. The van der Waals surface area contributed by atoms with Crippen molar-refractivity contribution in [3.05, 3.63) is 46.3 Å². The van der Waals surface area contributed by atoms with E-state index in [2.05, 4.69) is 32.1 Å². The van der Waals surface area contributed by atoms with E-state index in [0.717, 1.165) is 41.2 Å². The first-order chi connectivity index (χ1) is 14.5. The van der Waals surface area contributed by atoms with Gasteiger partial charge >= 0.3 is 0 Å². The Morgan fingerprint density at radius 2 is 1.50 bits per heavy atom. The quantitative estimate of drug-likeness (QED) is 0.425. The molecule has 3 aliphatic carbocycles. The van der Waals surface area contributed by atoms with Crippen molar-refractivity contribution in [1.29, 1.82) is 0 Å². The van der Waals surface area contributed by atoms with Gasteiger partial charge in [-0.15, -0.1) is 0 Å². The number of benzene rings is 1. The summed E-state index contributed by atoms with van der Waals surface area (Å²) >= 11 is 0. The number of allylic oxidation sites excluding steroid dienone is 2. The molecule has 1 aromatic rings. The highest BCUT2D eigenvalue weighted by Crippen LogP contribution is 2.39. The Hall–Kier alpha value is -1.11. The van der Waals surface area contributed by atoms with Gasteiger partial charge in [0.15, 0.2) is 0 Å². The monoisotopic (exact) mass is 410 g/mol. The molecule has 0 spiro atoms. The van der Waals surface area contributed by atoms with Crippen molar-refractivity contribution in [3.8, 4) is 0 Å². The molecule has 0 radical (unpaired) electrons. The standard InChI is InChI=1S/C29H43F/c1-20-4-8-23(9-5-20)18-24-10-12-25(13-11-24)19-27-16-17-28(22(3)29(27)30)26-14-6-21(2)7-15-26/h12,16-17,20-21,23-24,26H,4-11,13-15,18-19H2,1-3H3. The molecule has 0 heterocycles. The maximum Gasteiger partial charge on any atom is 0.129 e. The molecule has 0 nitrogen and oxygen atoms in total. The average molecular weight is 411 g/mol. The van der Waals surface area contributed by atoms with Crippen LogP contribution in [-0.2, 0) is 6.42 Å². The lowest BCUT2D eigenvalue weighted by atomic mass is 9.75. The van der Waals surface area contributed by atoms with Crippen LogP contribution in [0, 0.1) is 36.4 Å². The van der Waals surface area contributed by atoms with Gasteiger partial charge in [-0.05, 0) is 98.1 Å². The smallest absolute Gasteiger partial charge is 0.129 e. The van der Waals surface area contributed by atoms with Crippen LogP contribution in [0.4, 0.5) is 4.39 Å². The summed E-state index contributed by atoms with van der Waals surface area (Å²) < 4.78 is 15.2. The molecule has 166 valence electrons. The molecule has 0 aliphatic heterocycles. The lowest BCUT2D eigenvalue weighted by Gasteiger charge is -2.31. The molecule has 1 aromatic carbocycles. The fourth-order valence-electron chi connectivity index (χ4n) is 6.50. The molecule has 1 unspecified atom stereocenters. The van der Waals surface area contributed by atoms with Crippen LogP contribution in [0.25, 0.3) is 0 Å². The van der Waals surface area contributed by atoms with Crippen molar-refractivity contribution < 1.29 is 4.39 Å². The molecule has 0 N–H and O–H groups in total. The number of hydrogen-bond acceptors (Lipinski definition) is 0. The Morgan fingerprint density at radius 1 is 0.833 bits per heavy atom. The molecule has 30 heavy (non-hydrogen) atoms. The van der Waals surface area contributed by atoms with Crippen LogP contribution >= 0.6 is 0 Å². The Kier molecular flexibility index (Phi) is 7.37. The summed E-state index contributed by atoms with van der Waals surface area (Å²) in [5.41, 5.74) is 4.60. The fourth-order valence-corrected chi connectivity index (χ4v) is 6.50. The third kappa shape index (κ3) is 5.38. The van der Waals surface area contributed by atoms with Crippen LogP contribution in [0.3, 0.4) is 0 Å². The van der Waals surface area contributed by atoms with Gasteiger partial charge in [0.25, 0.3) is 0 Å². The zero-order valence-electron chi connectivity index (χ0n) is 19.7. The molecular formula is C29H43F. The molecular weight excluding hydrogens is 367 g/mol. The third-order valence-corrected chi connectivity index (χ3v) is 8.80. The van der Waals surface area contributed by atoms with Gasteiger partial charge in [0.1, 0.15) is 5.82 Å². The summed E-state index contributed by atoms with van der Waals surface area (Å²) in [5.74, 6) is 4.28. The molecule has 3 aliphatic rings. The zero-order valence-corrected chi connectivity index (χ0v) is 19.7. The molecule has 0 saturated heterocycles. The summed E-state index contributed by atoms with van der Waals surface area (Å²) in [6.07, 6.45) is 19.2. The van der Waals surface area contributed by atoms with E-state index >= 15 is 4.39 Å². The van der Waals surface area contributed by atoms with Crippen molar-refractivity contribution in [1.82, 2.24) is 0 Å². The van der Waals surface area contributed by atoms with Crippen LogP contribution in [0.2, 0.25) is 0 Å². The second kappa shape index (κ2) is 10.0. The van der Waals surface area contributed by atoms with E-state index < -0.39 is 0 Å². The maximum atomic E-state index is 15.2. The van der Waals surface area contributed by atoms with Crippen LogP contribution in [0.5, 0.6) is 0 Å². The SMILES string of the molecule is Cc1c(C2CCC(C)CC2)ccc(CC2=CCC(CC3CCC(C)CC3)CC2)c1F. The number of rotatable bonds is 5. The van der Waals surface area contributed by atoms with E-state index in [1.165, 1.54) is 88.2 Å². The molecule has 2 fully saturated rings. The highest BCUT2D eigenvalue weighted by Gasteiger charge is 2.25. The fraction of sp³-hybridized carbons (Fsp3) is 0.724. The molecule has 0 amide bonds. The second-order valence-electron chi connectivity index (χ2n) is 11.3.